The molecule has 1 aromatic rings. The fourth-order valence-electron chi connectivity index (χ4n) is 1.73. The summed E-state index contributed by atoms with van der Waals surface area (Å²) in [6.07, 6.45) is 0.608. The van der Waals surface area contributed by atoms with Crippen molar-refractivity contribution >= 4 is 46.8 Å². The van der Waals surface area contributed by atoms with Crippen LogP contribution in [0.4, 0.5) is 10.5 Å². The van der Waals surface area contributed by atoms with Gasteiger partial charge in [0.05, 0.1) is 28.4 Å². The summed E-state index contributed by atoms with van der Waals surface area (Å²) in [5.41, 5.74) is 0.118. The van der Waals surface area contributed by atoms with Gasteiger partial charge in [0.25, 0.3) is 0 Å². The van der Waals surface area contributed by atoms with Gasteiger partial charge < -0.3 is 10.1 Å². The molecule has 3 amide bonds. The van der Waals surface area contributed by atoms with E-state index in [4.69, 9.17) is 23.2 Å². The molecule has 0 atom stereocenters. The van der Waals surface area contributed by atoms with Crippen LogP contribution in [0.3, 0.4) is 0 Å². The van der Waals surface area contributed by atoms with Crippen LogP contribution in [0.5, 0.6) is 0 Å². The van der Waals surface area contributed by atoms with Crippen LogP contribution in [-0.2, 0) is 9.53 Å². The molecular weight excluding hydrogens is 331 g/mol. The Kier molecular flexibility index (Phi) is 6.64. The highest BCUT2D eigenvalue weighted by atomic mass is 35.5. The predicted molar refractivity (Wildman–Crippen MR) is 84.5 cm³/mol. The van der Waals surface area contributed by atoms with Gasteiger partial charge in [-0.05, 0) is 18.6 Å². The van der Waals surface area contributed by atoms with Crippen LogP contribution >= 0.6 is 23.2 Å². The van der Waals surface area contributed by atoms with Crippen molar-refractivity contribution < 1.29 is 19.1 Å². The number of amides is 3. The number of halogens is 2. The Hall–Kier alpha value is -1.79. The zero-order chi connectivity index (χ0) is 16.9. The minimum absolute atomic E-state index is 0.0484. The van der Waals surface area contributed by atoms with Crippen molar-refractivity contribution in [3.05, 3.63) is 27.7 Å². The molecule has 0 radical (unpaired) electrons. The zero-order valence-electron chi connectivity index (χ0n) is 12.4. The maximum atomic E-state index is 12.2. The molecule has 0 saturated carbocycles. The number of hydrogen-bond donors (Lipinski definition) is 1. The van der Waals surface area contributed by atoms with Crippen molar-refractivity contribution in [2.24, 2.45) is 0 Å². The van der Waals surface area contributed by atoms with E-state index in [-0.39, 0.29) is 27.8 Å². The molecule has 0 aromatic heterocycles. The molecular formula is C14H16Cl2N2O4. The fourth-order valence-corrected chi connectivity index (χ4v) is 2.28. The Balaban J connectivity index is 3.14. The first-order valence-corrected chi connectivity index (χ1v) is 7.24. The number of anilines is 1. The van der Waals surface area contributed by atoms with E-state index in [2.05, 4.69) is 10.1 Å². The molecule has 0 heterocycles. The summed E-state index contributed by atoms with van der Waals surface area (Å²) < 4.78 is 4.60. The minimum Gasteiger partial charge on any atom is -0.465 e. The van der Waals surface area contributed by atoms with Gasteiger partial charge in [-0.2, -0.15) is 0 Å². The van der Waals surface area contributed by atoms with Gasteiger partial charge in [0, 0.05) is 13.5 Å². The molecule has 0 bridgehead atoms. The molecule has 0 spiro atoms. The molecule has 0 aliphatic heterocycles. The molecule has 6 nitrogen and oxygen atoms in total. The van der Waals surface area contributed by atoms with Gasteiger partial charge in [-0.1, -0.05) is 30.1 Å². The Morgan fingerprint density at radius 3 is 2.41 bits per heavy atom. The largest absolute Gasteiger partial charge is 0.465 e. The van der Waals surface area contributed by atoms with Crippen molar-refractivity contribution in [1.29, 1.82) is 0 Å². The first-order valence-electron chi connectivity index (χ1n) is 6.48. The summed E-state index contributed by atoms with van der Waals surface area (Å²) in [7, 11) is 1.21. The number of ether oxygens (including phenoxy) is 1. The second-order valence-corrected chi connectivity index (χ2v) is 5.16. The number of nitrogens with one attached hydrogen (secondary N) is 1. The van der Waals surface area contributed by atoms with Crippen molar-refractivity contribution in [3.63, 3.8) is 0 Å². The first-order chi connectivity index (χ1) is 10.3. The van der Waals surface area contributed by atoms with Crippen molar-refractivity contribution in [1.82, 2.24) is 4.90 Å². The number of carbonyl (C=O) groups is 3. The molecule has 22 heavy (non-hydrogen) atoms. The molecule has 0 fully saturated rings. The van der Waals surface area contributed by atoms with Crippen LogP contribution < -0.4 is 5.32 Å². The van der Waals surface area contributed by atoms with E-state index in [9.17, 15) is 14.4 Å². The Labute approximate surface area is 138 Å². The van der Waals surface area contributed by atoms with Crippen molar-refractivity contribution in [3.8, 4) is 0 Å². The number of hydrogen-bond acceptors (Lipinski definition) is 4. The van der Waals surface area contributed by atoms with Crippen LogP contribution in [-0.4, -0.2) is 36.5 Å². The lowest BCUT2D eigenvalue weighted by molar-refractivity contribution is -0.125. The smallest absolute Gasteiger partial charge is 0.339 e. The highest BCUT2D eigenvalue weighted by Gasteiger charge is 2.22. The first kappa shape index (κ1) is 18.3. The molecule has 0 saturated heterocycles. The van der Waals surface area contributed by atoms with Crippen LogP contribution in [0.25, 0.3) is 0 Å². The summed E-state index contributed by atoms with van der Waals surface area (Å²) >= 11 is 12.1. The number of rotatable bonds is 4. The average Bonchev–Trinajstić information content (AvgIpc) is 2.47. The average molecular weight is 347 g/mol. The van der Waals surface area contributed by atoms with Gasteiger partial charge in [0.15, 0.2) is 0 Å². The summed E-state index contributed by atoms with van der Waals surface area (Å²) in [4.78, 5) is 36.3. The topological polar surface area (TPSA) is 75.7 Å². The van der Waals surface area contributed by atoms with Gasteiger partial charge >= 0.3 is 12.0 Å². The normalized spacial score (nSPS) is 10.0. The number of benzene rings is 1. The number of methoxy groups -OCH3 is 1. The van der Waals surface area contributed by atoms with E-state index >= 15 is 0 Å². The highest BCUT2D eigenvalue weighted by Crippen LogP contribution is 2.33. The SMILES string of the molecule is CCCN(C(C)=O)C(=O)Nc1c(Cl)ccc(C(=O)OC)c1Cl. The molecule has 120 valence electrons. The second-order valence-electron chi connectivity index (χ2n) is 4.38. The van der Waals surface area contributed by atoms with E-state index in [0.717, 1.165) is 4.90 Å². The highest BCUT2D eigenvalue weighted by molar-refractivity contribution is 6.41. The van der Waals surface area contributed by atoms with Gasteiger partial charge in [0.1, 0.15) is 0 Å². The summed E-state index contributed by atoms with van der Waals surface area (Å²) in [6.45, 7) is 3.37. The summed E-state index contributed by atoms with van der Waals surface area (Å²) in [6, 6.07) is 2.13. The summed E-state index contributed by atoms with van der Waals surface area (Å²) in [5.74, 6) is -1.06. The van der Waals surface area contributed by atoms with Crippen molar-refractivity contribution in [2.75, 3.05) is 19.0 Å². The molecule has 0 aliphatic rings. The number of urea groups is 1. The van der Waals surface area contributed by atoms with Crippen LogP contribution in [0.2, 0.25) is 10.0 Å². The van der Waals surface area contributed by atoms with E-state index in [1.165, 1.54) is 26.2 Å². The number of esters is 1. The van der Waals surface area contributed by atoms with Gasteiger partial charge in [-0.3, -0.25) is 9.69 Å². The molecule has 0 unspecified atom stereocenters. The molecule has 1 rings (SSSR count). The third-order valence-electron chi connectivity index (χ3n) is 2.80. The van der Waals surface area contributed by atoms with Crippen LogP contribution in [0, 0.1) is 0 Å². The van der Waals surface area contributed by atoms with Crippen LogP contribution in [0.15, 0.2) is 12.1 Å². The standard InChI is InChI=1S/C14H16Cl2N2O4/c1-4-7-18(8(2)19)14(21)17-12-10(15)6-5-9(11(12)16)13(20)22-3/h5-6H,4,7H2,1-3H3,(H,17,21). The molecule has 0 aliphatic carbocycles. The molecule has 1 N–H and O–H groups in total. The summed E-state index contributed by atoms with van der Waals surface area (Å²) in [5, 5.41) is 2.55. The molecule has 1 aromatic carbocycles. The Bertz CT molecular complexity index is 605. The lowest BCUT2D eigenvalue weighted by Gasteiger charge is -2.20. The van der Waals surface area contributed by atoms with E-state index < -0.39 is 17.9 Å². The maximum absolute atomic E-state index is 12.2. The number of imide groups is 1. The number of nitrogens with zero attached hydrogens (tertiary/aromatic N) is 1. The van der Waals surface area contributed by atoms with Crippen molar-refractivity contribution in [2.45, 2.75) is 20.3 Å². The van der Waals surface area contributed by atoms with Crippen LogP contribution in [0.1, 0.15) is 30.6 Å². The zero-order valence-corrected chi connectivity index (χ0v) is 13.9. The van der Waals surface area contributed by atoms with Gasteiger partial charge in [-0.15, -0.1) is 0 Å². The van der Waals surface area contributed by atoms with E-state index in [1.807, 2.05) is 6.92 Å². The molecule has 8 heteroatoms. The third-order valence-corrected chi connectivity index (χ3v) is 3.51. The predicted octanol–water partition coefficient (Wildman–Crippen LogP) is 3.57. The van der Waals surface area contributed by atoms with Gasteiger partial charge in [-0.25, -0.2) is 9.59 Å². The fraction of sp³-hybridized carbons (Fsp3) is 0.357. The van der Waals surface area contributed by atoms with E-state index in [1.54, 1.807) is 0 Å². The lowest BCUT2D eigenvalue weighted by Crippen LogP contribution is -2.39. The Morgan fingerprint density at radius 1 is 1.27 bits per heavy atom. The lowest BCUT2D eigenvalue weighted by atomic mass is 10.2. The second kappa shape index (κ2) is 8.00. The Morgan fingerprint density at radius 2 is 1.91 bits per heavy atom. The third kappa shape index (κ3) is 4.11. The van der Waals surface area contributed by atoms with Gasteiger partial charge in [0.2, 0.25) is 5.91 Å². The van der Waals surface area contributed by atoms with E-state index in [0.29, 0.717) is 6.42 Å². The number of carbonyl (C=O) groups excluding carboxylic acids is 3. The minimum atomic E-state index is -0.667. The quantitative estimate of drug-likeness (QED) is 0.845. The maximum Gasteiger partial charge on any atom is 0.339 e. The monoisotopic (exact) mass is 346 g/mol.